The van der Waals surface area contributed by atoms with Gasteiger partial charge in [-0.25, -0.2) is 9.59 Å². The van der Waals surface area contributed by atoms with E-state index in [0.29, 0.717) is 12.6 Å². The van der Waals surface area contributed by atoms with E-state index in [-0.39, 0.29) is 6.04 Å². The minimum atomic E-state index is -1.22. The van der Waals surface area contributed by atoms with Gasteiger partial charge in [-0.05, 0) is 25.7 Å². The van der Waals surface area contributed by atoms with Crippen LogP contribution in [0.5, 0.6) is 0 Å². The number of likely N-dealkylation sites (tertiary alicyclic amines) is 1. The Kier molecular flexibility index (Phi) is 5.35. The van der Waals surface area contributed by atoms with Gasteiger partial charge in [0.25, 0.3) is 5.91 Å². The molecule has 6 nitrogen and oxygen atoms in total. The van der Waals surface area contributed by atoms with Crippen molar-refractivity contribution in [2.24, 2.45) is 0 Å². The van der Waals surface area contributed by atoms with Gasteiger partial charge in [0, 0.05) is 24.7 Å². The van der Waals surface area contributed by atoms with Crippen molar-refractivity contribution in [3.63, 3.8) is 0 Å². The van der Waals surface area contributed by atoms with Gasteiger partial charge >= 0.3 is 12.0 Å². The van der Waals surface area contributed by atoms with Crippen molar-refractivity contribution >= 4 is 17.9 Å². The fourth-order valence-corrected chi connectivity index (χ4v) is 2.06. The highest BCUT2D eigenvalue weighted by atomic mass is 16.4. The minimum Gasteiger partial charge on any atom is -0.478 e. The van der Waals surface area contributed by atoms with Crippen LogP contribution in [0.2, 0.25) is 0 Å². The van der Waals surface area contributed by atoms with Crippen LogP contribution in [-0.4, -0.2) is 40.5 Å². The van der Waals surface area contributed by atoms with E-state index in [1.54, 1.807) is 4.90 Å². The number of carbonyl (C=O) groups excluding carboxylic acids is 2. The lowest BCUT2D eigenvalue weighted by molar-refractivity contribution is -0.131. The Balaban J connectivity index is 2.53. The van der Waals surface area contributed by atoms with Crippen molar-refractivity contribution in [3.05, 3.63) is 12.2 Å². The topological polar surface area (TPSA) is 86.7 Å². The van der Waals surface area contributed by atoms with Crippen molar-refractivity contribution in [1.29, 1.82) is 0 Å². The van der Waals surface area contributed by atoms with E-state index in [0.717, 1.165) is 31.8 Å². The highest BCUT2D eigenvalue weighted by molar-refractivity contribution is 6.02. The summed E-state index contributed by atoms with van der Waals surface area (Å²) in [5.74, 6) is -1.93. The van der Waals surface area contributed by atoms with Gasteiger partial charge in [-0.2, -0.15) is 0 Å². The van der Waals surface area contributed by atoms with Crippen molar-refractivity contribution < 1.29 is 19.5 Å². The normalized spacial score (nSPS) is 19.8. The van der Waals surface area contributed by atoms with E-state index in [1.165, 1.54) is 0 Å². The maximum atomic E-state index is 11.8. The van der Waals surface area contributed by atoms with Gasteiger partial charge in [0.2, 0.25) is 0 Å². The third-order valence-corrected chi connectivity index (χ3v) is 2.97. The predicted octanol–water partition coefficient (Wildman–Crippen LogP) is 1.13. The van der Waals surface area contributed by atoms with Gasteiger partial charge in [-0.1, -0.05) is 6.92 Å². The molecule has 100 valence electrons. The summed E-state index contributed by atoms with van der Waals surface area (Å²) in [7, 11) is 0. The molecule has 1 aliphatic heterocycles. The molecule has 2 N–H and O–H groups in total. The molecule has 0 radical (unpaired) electrons. The van der Waals surface area contributed by atoms with Crippen LogP contribution in [0.1, 0.15) is 32.6 Å². The largest absolute Gasteiger partial charge is 0.478 e. The summed E-state index contributed by atoms with van der Waals surface area (Å²) < 4.78 is 0. The standard InChI is InChI=1S/C12H18N2O4/c1-2-9-5-3-4-8-14(9)12(18)13-10(15)6-7-11(16)17/h6-7,9H,2-5,8H2,1H3,(H,16,17)(H,13,15,18)/b7-6+. The van der Waals surface area contributed by atoms with Crippen LogP contribution in [0.4, 0.5) is 4.79 Å². The van der Waals surface area contributed by atoms with E-state index in [9.17, 15) is 14.4 Å². The van der Waals surface area contributed by atoms with Crippen LogP contribution in [0.3, 0.4) is 0 Å². The molecular weight excluding hydrogens is 236 g/mol. The Bertz CT molecular complexity index is 365. The van der Waals surface area contributed by atoms with E-state index in [1.807, 2.05) is 6.92 Å². The van der Waals surface area contributed by atoms with Crippen molar-refractivity contribution in [2.45, 2.75) is 38.6 Å². The van der Waals surface area contributed by atoms with Gasteiger partial charge < -0.3 is 10.0 Å². The molecule has 0 aromatic heterocycles. The second kappa shape index (κ2) is 6.78. The van der Waals surface area contributed by atoms with Gasteiger partial charge in [0.15, 0.2) is 0 Å². The fraction of sp³-hybridized carbons (Fsp3) is 0.583. The highest BCUT2D eigenvalue weighted by Gasteiger charge is 2.25. The first-order valence-electron chi connectivity index (χ1n) is 6.07. The molecular formula is C12H18N2O4. The summed E-state index contributed by atoms with van der Waals surface area (Å²) >= 11 is 0. The predicted molar refractivity (Wildman–Crippen MR) is 65.0 cm³/mol. The number of piperidine rings is 1. The molecule has 6 heteroatoms. The van der Waals surface area contributed by atoms with Crippen LogP contribution in [0, 0.1) is 0 Å². The average molecular weight is 254 g/mol. The molecule has 18 heavy (non-hydrogen) atoms. The van der Waals surface area contributed by atoms with Gasteiger partial charge in [0.05, 0.1) is 0 Å². The smallest absolute Gasteiger partial charge is 0.328 e. The number of urea groups is 1. The lowest BCUT2D eigenvalue weighted by atomic mass is 10.0. The second-order valence-electron chi connectivity index (χ2n) is 4.22. The molecule has 1 fully saturated rings. The lowest BCUT2D eigenvalue weighted by Crippen LogP contribution is -2.49. The fourth-order valence-electron chi connectivity index (χ4n) is 2.06. The Hall–Kier alpha value is -1.85. The molecule has 1 unspecified atom stereocenters. The third-order valence-electron chi connectivity index (χ3n) is 2.97. The first-order valence-corrected chi connectivity index (χ1v) is 6.07. The molecule has 0 saturated carbocycles. The third kappa shape index (κ3) is 4.20. The number of nitrogens with zero attached hydrogens (tertiary/aromatic N) is 1. The van der Waals surface area contributed by atoms with Crippen molar-refractivity contribution in [1.82, 2.24) is 10.2 Å². The average Bonchev–Trinajstić information content (AvgIpc) is 2.36. The monoisotopic (exact) mass is 254 g/mol. The Morgan fingerprint density at radius 1 is 1.33 bits per heavy atom. The van der Waals surface area contributed by atoms with E-state index >= 15 is 0 Å². The Morgan fingerprint density at radius 3 is 2.67 bits per heavy atom. The summed E-state index contributed by atoms with van der Waals surface area (Å²) in [4.78, 5) is 35.0. The van der Waals surface area contributed by atoms with E-state index < -0.39 is 17.9 Å². The number of hydrogen-bond donors (Lipinski definition) is 2. The second-order valence-corrected chi connectivity index (χ2v) is 4.22. The first kappa shape index (κ1) is 14.2. The number of carbonyl (C=O) groups is 3. The molecule has 0 aromatic rings. The van der Waals surface area contributed by atoms with Crippen LogP contribution < -0.4 is 5.32 Å². The molecule has 1 rings (SSSR count). The van der Waals surface area contributed by atoms with Crippen LogP contribution in [0.25, 0.3) is 0 Å². The molecule has 0 bridgehead atoms. The molecule has 0 aromatic carbocycles. The van der Waals surface area contributed by atoms with Crippen molar-refractivity contribution in [3.8, 4) is 0 Å². The number of nitrogens with one attached hydrogen (secondary N) is 1. The maximum Gasteiger partial charge on any atom is 0.328 e. The van der Waals surface area contributed by atoms with E-state index in [2.05, 4.69) is 5.32 Å². The minimum absolute atomic E-state index is 0.162. The quantitative estimate of drug-likeness (QED) is 0.739. The summed E-state index contributed by atoms with van der Waals surface area (Å²) in [5.41, 5.74) is 0. The summed E-state index contributed by atoms with van der Waals surface area (Å²) in [6.45, 7) is 2.64. The summed E-state index contributed by atoms with van der Waals surface area (Å²) in [5, 5.41) is 10.5. The molecule has 1 heterocycles. The molecule has 0 aliphatic carbocycles. The van der Waals surface area contributed by atoms with Crippen LogP contribution >= 0.6 is 0 Å². The van der Waals surface area contributed by atoms with Crippen LogP contribution in [0.15, 0.2) is 12.2 Å². The van der Waals surface area contributed by atoms with Gasteiger partial charge in [-0.15, -0.1) is 0 Å². The number of carboxylic acid groups (broad SMARTS) is 1. The molecule has 1 aliphatic rings. The number of imide groups is 1. The van der Waals surface area contributed by atoms with Gasteiger partial charge in [-0.3, -0.25) is 10.1 Å². The first-order chi connectivity index (χ1) is 8.54. The number of carboxylic acids is 1. The highest BCUT2D eigenvalue weighted by Crippen LogP contribution is 2.19. The molecule has 0 spiro atoms. The number of amides is 3. The number of hydrogen-bond acceptors (Lipinski definition) is 3. The summed E-state index contributed by atoms with van der Waals surface area (Å²) in [6.07, 6.45) is 5.37. The SMILES string of the molecule is CCC1CCCCN1C(=O)NC(=O)/C=C/C(=O)O. The maximum absolute atomic E-state index is 11.8. The Morgan fingerprint density at radius 2 is 2.06 bits per heavy atom. The Labute approximate surface area is 106 Å². The van der Waals surface area contributed by atoms with Gasteiger partial charge in [0.1, 0.15) is 0 Å². The number of aliphatic carboxylic acids is 1. The van der Waals surface area contributed by atoms with Crippen molar-refractivity contribution in [2.75, 3.05) is 6.54 Å². The molecule has 1 atom stereocenters. The zero-order chi connectivity index (χ0) is 13.5. The zero-order valence-electron chi connectivity index (χ0n) is 10.4. The summed E-state index contributed by atoms with van der Waals surface area (Å²) in [6, 6.07) is -0.281. The zero-order valence-corrected chi connectivity index (χ0v) is 10.4. The molecule has 1 saturated heterocycles. The lowest BCUT2D eigenvalue weighted by Gasteiger charge is -2.34. The van der Waals surface area contributed by atoms with E-state index in [4.69, 9.17) is 5.11 Å². The molecule has 3 amide bonds. The number of rotatable bonds is 3. The van der Waals surface area contributed by atoms with Crippen LogP contribution in [-0.2, 0) is 9.59 Å².